The third-order valence-electron chi connectivity index (χ3n) is 5.91. The van der Waals surface area contributed by atoms with E-state index in [0.717, 1.165) is 10.9 Å². The molecular formula is C24H27ClN6O3. The van der Waals surface area contributed by atoms with Crippen LogP contribution in [0.4, 0.5) is 0 Å². The number of nitrogens with zero attached hydrogens (tertiary/aromatic N) is 2. The van der Waals surface area contributed by atoms with Crippen molar-refractivity contribution in [2.24, 2.45) is 5.92 Å². The molecule has 4 rings (SSSR count). The molecule has 1 fully saturated rings. The molecule has 3 amide bonds. The van der Waals surface area contributed by atoms with Crippen LogP contribution in [0.25, 0.3) is 10.9 Å². The number of benzene rings is 1. The Labute approximate surface area is 202 Å². The summed E-state index contributed by atoms with van der Waals surface area (Å²) in [5.41, 5.74) is 4.27. The van der Waals surface area contributed by atoms with Crippen molar-refractivity contribution in [3.05, 3.63) is 65.1 Å². The number of aromatic amines is 1. The van der Waals surface area contributed by atoms with Crippen LogP contribution in [-0.4, -0.2) is 58.9 Å². The Morgan fingerprint density at radius 3 is 2.56 bits per heavy atom. The zero-order chi connectivity index (χ0) is 24.2. The maximum Gasteiger partial charge on any atom is 0.270 e. The van der Waals surface area contributed by atoms with Crippen molar-refractivity contribution in [1.29, 1.82) is 0 Å². The Kier molecular flexibility index (Phi) is 7.14. The lowest BCUT2D eigenvalue weighted by atomic mass is 9.81. The summed E-state index contributed by atoms with van der Waals surface area (Å²) in [6.07, 6.45) is 3.06. The number of carbonyl (C=O) groups is 3. The van der Waals surface area contributed by atoms with Gasteiger partial charge in [-0.3, -0.25) is 24.8 Å². The van der Waals surface area contributed by atoms with Gasteiger partial charge in [-0.05, 0) is 55.7 Å². The highest BCUT2D eigenvalue weighted by Gasteiger charge is 2.36. The third-order valence-corrected chi connectivity index (χ3v) is 6.15. The fraction of sp³-hybridized carbons (Fsp3) is 0.333. The van der Waals surface area contributed by atoms with Gasteiger partial charge in [0.05, 0.1) is 6.04 Å². The average molecular weight is 483 g/mol. The molecule has 3 unspecified atom stereocenters. The number of rotatable bonds is 6. The molecule has 0 aliphatic heterocycles. The molecule has 10 heteroatoms. The summed E-state index contributed by atoms with van der Waals surface area (Å²) in [6.45, 7) is 0. The summed E-state index contributed by atoms with van der Waals surface area (Å²) in [6, 6.07) is 11.4. The van der Waals surface area contributed by atoms with E-state index in [1.165, 1.54) is 0 Å². The maximum absolute atomic E-state index is 13.0. The first kappa shape index (κ1) is 23.7. The van der Waals surface area contributed by atoms with Gasteiger partial charge in [-0.15, -0.1) is 0 Å². The molecule has 178 valence electrons. The number of hydrogen-bond acceptors (Lipinski definition) is 5. The molecule has 3 atom stereocenters. The first-order chi connectivity index (χ1) is 16.3. The highest BCUT2D eigenvalue weighted by Crippen LogP contribution is 2.26. The number of H-pyrrole nitrogens is 1. The number of halogens is 1. The van der Waals surface area contributed by atoms with E-state index in [0.29, 0.717) is 30.0 Å². The molecule has 4 N–H and O–H groups in total. The number of amides is 3. The first-order valence-corrected chi connectivity index (χ1v) is 11.5. The molecule has 1 aliphatic carbocycles. The Morgan fingerprint density at radius 2 is 1.82 bits per heavy atom. The lowest BCUT2D eigenvalue weighted by molar-refractivity contribution is -0.130. The Hall–Kier alpha value is -3.43. The topological polar surface area (TPSA) is 119 Å². The SMILES string of the molecule is CN(C)NC(=O)C1CCC(NC(=O)c2cc3cc(Cl)ccc3[nH]2)C(NC(=O)c2ccccn2)C1. The Balaban J connectivity index is 1.51. The number of pyridine rings is 1. The van der Waals surface area contributed by atoms with Crippen LogP contribution in [-0.2, 0) is 4.79 Å². The van der Waals surface area contributed by atoms with Gasteiger partial charge in [0.15, 0.2) is 0 Å². The zero-order valence-electron chi connectivity index (χ0n) is 19.0. The van der Waals surface area contributed by atoms with Gasteiger partial charge in [0, 0.05) is 48.2 Å². The van der Waals surface area contributed by atoms with Gasteiger partial charge in [-0.1, -0.05) is 17.7 Å². The molecule has 0 saturated heterocycles. The normalized spacial score (nSPS) is 20.2. The van der Waals surface area contributed by atoms with E-state index in [-0.39, 0.29) is 35.4 Å². The number of hydrogen-bond donors (Lipinski definition) is 4. The van der Waals surface area contributed by atoms with Crippen molar-refractivity contribution in [2.75, 3.05) is 14.1 Å². The number of fused-ring (bicyclic) bond motifs is 1. The van der Waals surface area contributed by atoms with E-state index in [1.54, 1.807) is 61.7 Å². The van der Waals surface area contributed by atoms with Crippen molar-refractivity contribution < 1.29 is 14.4 Å². The molecule has 1 saturated carbocycles. The van der Waals surface area contributed by atoms with Crippen LogP contribution in [0.2, 0.25) is 5.02 Å². The van der Waals surface area contributed by atoms with E-state index in [4.69, 9.17) is 11.6 Å². The number of hydrazine groups is 1. The van der Waals surface area contributed by atoms with Gasteiger partial charge in [0.1, 0.15) is 11.4 Å². The van der Waals surface area contributed by atoms with Gasteiger partial charge < -0.3 is 15.6 Å². The Morgan fingerprint density at radius 1 is 1.03 bits per heavy atom. The third kappa shape index (κ3) is 5.55. The predicted molar refractivity (Wildman–Crippen MR) is 129 cm³/mol. The number of carbonyl (C=O) groups excluding carboxylic acids is 3. The summed E-state index contributed by atoms with van der Waals surface area (Å²) >= 11 is 6.06. The lowest BCUT2D eigenvalue weighted by Crippen LogP contribution is -2.56. The van der Waals surface area contributed by atoms with Gasteiger partial charge >= 0.3 is 0 Å². The molecule has 0 radical (unpaired) electrons. The summed E-state index contributed by atoms with van der Waals surface area (Å²) in [5, 5.41) is 9.03. The van der Waals surface area contributed by atoms with Crippen LogP contribution in [0.5, 0.6) is 0 Å². The summed E-state index contributed by atoms with van der Waals surface area (Å²) in [7, 11) is 3.50. The van der Waals surface area contributed by atoms with Gasteiger partial charge in [-0.25, -0.2) is 5.01 Å². The summed E-state index contributed by atoms with van der Waals surface area (Å²) < 4.78 is 0. The second-order valence-corrected chi connectivity index (χ2v) is 9.11. The minimum atomic E-state index is -0.441. The summed E-state index contributed by atoms with van der Waals surface area (Å²) in [4.78, 5) is 45.7. The van der Waals surface area contributed by atoms with Crippen LogP contribution in [0, 0.1) is 5.92 Å². The number of aromatic nitrogens is 2. The first-order valence-electron chi connectivity index (χ1n) is 11.1. The van der Waals surface area contributed by atoms with E-state index >= 15 is 0 Å². The van der Waals surface area contributed by atoms with Crippen LogP contribution in [0.1, 0.15) is 40.2 Å². The van der Waals surface area contributed by atoms with Gasteiger partial charge in [0.25, 0.3) is 11.8 Å². The molecule has 9 nitrogen and oxygen atoms in total. The van der Waals surface area contributed by atoms with Gasteiger partial charge in [-0.2, -0.15) is 0 Å². The Bertz CT molecular complexity index is 1200. The molecule has 0 bridgehead atoms. The van der Waals surface area contributed by atoms with Crippen LogP contribution < -0.4 is 16.1 Å². The average Bonchev–Trinajstić information content (AvgIpc) is 3.23. The van der Waals surface area contributed by atoms with Gasteiger partial charge in [0.2, 0.25) is 5.91 Å². The second kappa shape index (κ2) is 10.2. The maximum atomic E-state index is 13.0. The lowest BCUT2D eigenvalue weighted by Gasteiger charge is -2.36. The number of nitrogens with one attached hydrogen (secondary N) is 4. The molecule has 3 aromatic rings. The zero-order valence-corrected chi connectivity index (χ0v) is 19.7. The van der Waals surface area contributed by atoms with Crippen LogP contribution in [0.3, 0.4) is 0 Å². The van der Waals surface area contributed by atoms with Crippen molar-refractivity contribution >= 4 is 40.2 Å². The smallest absolute Gasteiger partial charge is 0.270 e. The standard InChI is InChI=1S/C24H27ClN6O3/c1-31(2)30-22(32)14-6-8-18(20(12-14)29-23(33)19-5-3-4-10-26-19)28-24(34)21-13-15-11-16(25)7-9-17(15)27-21/h3-5,7,9-11,13-14,18,20,27H,6,8,12H2,1-2H3,(H,28,34)(H,29,33)(H,30,32). The molecule has 2 aromatic heterocycles. The molecule has 34 heavy (non-hydrogen) atoms. The highest BCUT2D eigenvalue weighted by atomic mass is 35.5. The largest absolute Gasteiger partial charge is 0.351 e. The molecule has 0 spiro atoms. The highest BCUT2D eigenvalue weighted by molar-refractivity contribution is 6.31. The van der Waals surface area contributed by atoms with Crippen LogP contribution >= 0.6 is 11.6 Å². The predicted octanol–water partition coefficient (Wildman–Crippen LogP) is 2.51. The fourth-order valence-corrected chi connectivity index (χ4v) is 4.44. The second-order valence-electron chi connectivity index (χ2n) is 8.67. The summed E-state index contributed by atoms with van der Waals surface area (Å²) in [5.74, 6) is -1.04. The molecular weight excluding hydrogens is 456 g/mol. The van der Waals surface area contributed by atoms with E-state index < -0.39 is 6.04 Å². The van der Waals surface area contributed by atoms with Crippen molar-refractivity contribution in [3.8, 4) is 0 Å². The van der Waals surface area contributed by atoms with E-state index in [9.17, 15) is 14.4 Å². The van der Waals surface area contributed by atoms with E-state index in [2.05, 4.69) is 26.0 Å². The van der Waals surface area contributed by atoms with Crippen LogP contribution in [0.15, 0.2) is 48.7 Å². The van der Waals surface area contributed by atoms with Crippen molar-refractivity contribution in [2.45, 2.75) is 31.3 Å². The minimum Gasteiger partial charge on any atom is -0.351 e. The molecule has 1 aliphatic rings. The van der Waals surface area contributed by atoms with E-state index in [1.807, 2.05) is 6.07 Å². The quantitative estimate of drug-likeness (QED) is 0.402. The monoisotopic (exact) mass is 482 g/mol. The minimum absolute atomic E-state index is 0.112. The molecule has 2 heterocycles. The van der Waals surface area contributed by atoms with Crippen molar-refractivity contribution in [3.63, 3.8) is 0 Å². The molecule has 1 aromatic carbocycles. The van der Waals surface area contributed by atoms with Crippen molar-refractivity contribution in [1.82, 2.24) is 31.0 Å². The fourth-order valence-electron chi connectivity index (χ4n) is 4.26.